The van der Waals surface area contributed by atoms with E-state index in [1.54, 1.807) is 13.1 Å². The first-order valence-electron chi connectivity index (χ1n) is 6.92. The number of rotatable bonds is 5. The van der Waals surface area contributed by atoms with Gasteiger partial charge < -0.3 is 5.32 Å². The van der Waals surface area contributed by atoms with Crippen molar-refractivity contribution < 1.29 is 9.59 Å². The van der Waals surface area contributed by atoms with Crippen molar-refractivity contribution in [2.75, 3.05) is 6.54 Å². The number of thioether (sulfide) groups is 1. The zero-order valence-electron chi connectivity index (χ0n) is 12.2. The van der Waals surface area contributed by atoms with Gasteiger partial charge >= 0.3 is 6.03 Å². The molecule has 0 radical (unpaired) electrons. The van der Waals surface area contributed by atoms with Gasteiger partial charge in [0.1, 0.15) is 5.25 Å². The first kappa shape index (κ1) is 16.0. The standard InChI is InChI=1S/C16H17N3O2S/c1-2-17-16(21)19-15(20)14(12-8-4-3-5-9-12)22-13-10-6-7-11-18-13/h3-11,14H,2H2,1H3,(H2,17,19,20,21)/t14-/m0/s1. The van der Waals surface area contributed by atoms with Gasteiger partial charge in [0, 0.05) is 12.7 Å². The molecule has 0 fully saturated rings. The van der Waals surface area contributed by atoms with Gasteiger partial charge in [0.15, 0.2) is 0 Å². The molecule has 1 aromatic carbocycles. The van der Waals surface area contributed by atoms with Gasteiger partial charge in [0.2, 0.25) is 5.91 Å². The molecule has 0 spiro atoms. The normalized spacial score (nSPS) is 11.5. The molecule has 0 aliphatic rings. The Morgan fingerprint density at radius 3 is 2.50 bits per heavy atom. The van der Waals surface area contributed by atoms with Crippen LogP contribution in [0, 0.1) is 0 Å². The average Bonchev–Trinajstić information content (AvgIpc) is 2.54. The monoisotopic (exact) mass is 315 g/mol. The third-order valence-electron chi connectivity index (χ3n) is 2.79. The molecule has 0 aliphatic carbocycles. The SMILES string of the molecule is CCNC(=O)NC(=O)[C@@H](Sc1ccccn1)c1ccccc1. The Balaban J connectivity index is 2.18. The molecule has 0 saturated heterocycles. The number of aromatic nitrogens is 1. The van der Waals surface area contributed by atoms with E-state index in [0.29, 0.717) is 6.54 Å². The number of carbonyl (C=O) groups excluding carboxylic acids is 2. The Morgan fingerprint density at radius 1 is 1.14 bits per heavy atom. The Bertz CT molecular complexity index is 620. The lowest BCUT2D eigenvalue weighted by molar-refractivity contribution is -0.119. The summed E-state index contributed by atoms with van der Waals surface area (Å²) in [5.41, 5.74) is 0.819. The van der Waals surface area contributed by atoms with Crippen LogP contribution in [0.25, 0.3) is 0 Å². The van der Waals surface area contributed by atoms with E-state index >= 15 is 0 Å². The van der Waals surface area contributed by atoms with Gasteiger partial charge in [-0.1, -0.05) is 48.2 Å². The molecule has 2 N–H and O–H groups in total. The Morgan fingerprint density at radius 2 is 1.86 bits per heavy atom. The van der Waals surface area contributed by atoms with Crippen LogP contribution in [0.1, 0.15) is 17.7 Å². The second-order valence-corrected chi connectivity index (χ2v) is 5.55. The number of nitrogens with one attached hydrogen (secondary N) is 2. The van der Waals surface area contributed by atoms with Gasteiger partial charge in [-0.2, -0.15) is 0 Å². The van der Waals surface area contributed by atoms with E-state index in [-0.39, 0.29) is 5.91 Å². The van der Waals surface area contributed by atoms with Gasteiger partial charge in [0.25, 0.3) is 0 Å². The van der Waals surface area contributed by atoms with Crippen molar-refractivity contribution in [2.45, 2.75) is 17.2 Å². The van der Waals surface area contributed by atoms with E-state index in [1.807, 2.05) is 48.5 Å². The van der Waals surface area contributed by atoms with Crippen LogP contribution in [0.5, 0.6) is 0 Å². The number of pyridine rings is 1. The summed E-state index contributed by atoms with van der Waals surface area (Å²) >= 11 is 1.31. The molecule has 0 unspecified atom stereocenters. The molecule has 2 rings (SSSR count). The third kappa shape index (κ3) is 4.60. The molecule has 114 valence electrons. The third-order valence-corrected chi connectivity index (χ3v) is 4.00. The van der Waals surface area contributed by atoms with Gasteiger partial charge in [-0.05, 0) is 24.6 Å². The molecule has 1 atom stereocenters. The lowest BCUT2D eigenvalue weighted by atomic mass is 10.1. The summed E-state index contributed by atoms with van der Waals surface area (Å²) in [6.45, 7) is 2.25. The van der Waals surface area contributed by atoms with E-state index in [9.17, 15) is 9.59 Å². The maximum Gasteiger partial charge on any atom is 0.321 e. The largest absolute Gasteiger partial charge is 0.338 e. The summed E-state index contributed by atoms with van der Waals surface area (Å²) in [6, 6.07) is 14.3. The van der Waals surface area contributed by atoms with Crippen LogP contribution in [0.2, 0.25) is 0 Å². The molecule has 0 saturated carbocycles. The van der Waals surface area contributed by atoms with Gasteiger partial charge in [-0.3, -0.25) is 10.1 Å². The van der Waals surface area contributed by atoms with Crippen molar-refractivity contribution in [1.82, 2.24) is 15.6 Å². The fourth-order valence-corrected chi connectivity index (χ4v) is 2.80. The van der Waals surface area contributed by atoms with Crippen LogP contribution >= 0.6 is 11.8 Å². The van der Waals surface area contributed by atoms with E-state index in [2.05, 4.69) is 15.6 Å². The average molecular weight is 315 g/mol. The summed E-state index contributed by atoms with van der Waals surface area (Å²) in [5, 5.41) is 5.09. The van der Waals surface area contributed by atoms with E-state index in [1.165, 1.54) is 11.8 Å². The minimum atomic E-state index is -0.543. The fourth-order valence-electron chi connectivity index (χ4n) is 1.82. The van der Waals surface area contributed by atoms with Crippen molar-refractivity contribution in [3.63, 3.8) is 0 Å². The van der Waals surface area contributed by atoms with E-state index in [4.69, 9.17) is 0 Å². The van der Waals surface area contributed by atoms with Crippen molar-refractivity contribution in [1.29, 1.82) is 0 Å². The zero-order valence-corrected chi connectivity index (χ0v) is 13.0. The number of hydrogen-bond acceptors (Lipinski definition) is 4. The Kier molecular flexibility index (Phi) is 5.97. The first-order valence-corrected chi connectivity index (χ1v) is 7.80. The number of amides is 3. The molecule has 3 amide bonds. The van der Waals surface area contributed by atoms with Crippen molar-refractivity contribution in [2.24, 2.45) is 0 Å². The topological polar surface area (TPSA) is 71.1 Å². The summed E-state index contributed by atoms with van der Waals surface area (Å²) in [5.74, 6) is -0.368. The molecule has 5 nitrogen and oxygen atoms in total. The lowest BCUT2D eigenvalue weighted by Crippen LogP contribution is -2.41. The smallest absolute Gasteiger partial charge is 0.321 e. The van der Waals surface area contributed by atoms with Crippen molar-refractivity contribution in [3.8, 4) is 0 Å². The van der Waals surface area contributed by atoms with Crippen molar-refractivity contribution in [3.05, 3.63) is 60.3 Å². The van der Waals surface area contributed by atoms with E-state index < -0.39 is 11.3 Å². The summed E-state index contributed by atoms with van der Waals surface area (Å²) in [6.07, 6.45) is 1.67. The van der Waals surface area contributed by atoms with Gasteiger partial charge in [-0.25, -0.2) is 9.78 Å². The first-order chi connectivity index (χ1) is 10.7. The molecular formula is C16H17N3O2S. The second kappa shape index (κ2) is 8.19. The minimum Gasteiger partial charge on any atom is -0.338 e. The van der Waals surface area contributed by atoms with Crippen LogP contribution in [-0.2, 0) is 4.79 Å². The predicted octanol–water partition coefficient (Wildman–Crippen LogP) is 2.76. The summed E-state index contributed by atoms with van der Waals surface area (Å²) in [7, 11) is 0. The molecule has 22 heavy (non-hydrogen) atoms. The highest BCUT2D eigenvalue weighted by molar-refractivity contribution is 8.00. The number of carbonyl (C=O) groups is 2. The predicted molar refractivity (Wildman–Crippen MR) is 86.5 cm³/mol. The Hall–Kier alpha value is -2.34. The highest BCUT2D eigenvalue weighted by Crippen LogP contribution is 2.34. The van der Waals surface area contributed by atoms with Crippen LogP contribution in [0.3, 0.4) is 0 Å². The van der Waals surface area contributed by atoms with Gasteiger partial charge in [0.05, 0.1) is 5.03 Å². The van der Waals surface area contributed by atoms with Crippen molar-refractivity contribution >= 4 is 23.7 Å². The van der Waals surface area contributed by atoms with E-state index in [0.717, 1.165) is 10.6 Å². The molecular weight excluding hydrogens is 298 g/mol. The van der Waals surface area contributed by atoms with Crippen LogP contribution < -0.4 is 10.6 Å². The van der Waals surface area contributed by atoms with Crippen LogP contribution in [-0.4, -0.2) is 23.5 Å². The highest BCUT2D eigenvalue weighted by atomic mass is 32.2. The van der Waals surface area contributed by atoms with Crippen LogP contribution in [0.15, 0.2) is 59.8 Å². The summed E-state index contributed by atoms with van der Waals surface area (Å²) < 4.78 is 0. The number of urea groups is 1. The molecule has 1 heterocycles. The highest BCUT2D eigenvalue weighted by Gasteiger charge is 2.23. The molecule has 1 aromatic heterocycles. The minimum absolute atomic E-state index is 0.368. The number of nitrogens with zero attached hydrogens (tertiary/aromatic N) is 1. The maximum atomic E-state index is 12.4. The number of benzene rings is 1. The quantitative estimate of drug-likeness (QED) is 0.832. The molecule has 0 bridgehead atoms. The number of imide groups is 1. The Labute approximate surface area is 133 Å². The number of hydrogen-bond donors (Lipinski definition) is 2. The summed E-state index contributed by atoms with van der Waals surface area (Å²) in [4.78, 5) is 28.2. The lowest BCUT2D eigenvalue weighted by Gasteiger charge is -2.16. The molecule has 2 aromatic rings. The maximum absolute atomic E-state index is 12.4. The molecule has 0 aliphatic heterocycles. The van der Waals surface area contributed by atoms with Gasteiger partial charge in [-0.15, -0.1) is 0 Å². The molecule has 6 heteroatoms. The second-order valence-electron chi connectivity index (χ2n) is 4.43. The van der Waals surface area contributed by atoms with Crippen LogP contribution in [0.4, 0.5) is 4.79 Å². The fraction of sp³-hybridized carbons (Fsp3) is 0.188. The zero-order chi connectivity index (χ0) is 15.8.